The van der Waals surface area contributed by atoms with E-state index in [0.29, 0.717) is 17.7 Å². The highest BCUT2D eigenvalue weighted by Gasteiger charge is 2.12. The summed E-state index contributed by atoms with van der Waals surface area (Å²) < 4.78 is 1.91. The second-order valence-electron chi connectivity index (χ2n) is 4.37. The van der Waals surface area contributed by atoms with Crippen LogP contribution < -0.4 is 10.2 Å². The average Bonchev–Trinajstić information content (AvgIpc) is 2.87. The van der Waals surface area contributed by atoms with Crippen molar-refractivity contribution in [2.75, 3.05) is 31.4 Å². The SMILES string of the molecule is CCCn1nccc1-c1nc(NC)nc(N(C)C)n1. The summed E-state index contributed by atoms with van der Waals surface area (Å²) in [5, 5.41) is 7.25. The number of anilines is 2. The molecule has 2 aromatic rings. The van der Waals surface area contributed by atoms with E-state index in [1.165, 1.54) is 0 Å². The van der Waals surface area contributed by atoms with Crippen LogP contribution in [0.15, 0.2) is 12.3 Å². The van der Waals surface area contributed by atoms with Crippen LogP contribution in [0.3, 0.4) is 0 Å². The molecule has 2 rings (SSSR count). The van der Waals surface area contributed by atoms with Crippen LogP contribution in [-0.4, -0.2) is 45.9 Å². The average molecular weight is 261 g/mol. The Morgan fingerprint density at radius 3 is 2.68 bits per heavy atom. The quantitative estimate of drug-likeness (QED) is 0.873. The highest BCUT2D eigenvalue weighted by molar-refractivity contribution is 5.53. The van der Waals surface area contributed by atoms with Gasteiger partial charge in [-0.25, -0.2) is 0 Å². The van der Waals surface area contributed by atoms with E-state index >= 15 is 0 Å². The monoisotopic (exact) mass is 261 g/mol. The smallest absolute Gasteiger partial charge is 0.230 e. The Hall–Kier alpha value is -2.18. The number of nitrogens with zero attached hydrogens (tertiary/aromatic N) is 6. The van der Waals surface area contributed by atoms with Crippen LogP contribution in [0.4, 0.5) is 11.9 Å². The zero-order valence-electron chi connectivity index (χ0n) is 11.8. The summed E-state index contributed by atoms with van der Waals surface area (Å²) in [4.78, 5) is 15.0. The molecule has 0 saturated heterocycles. The van der Waals surface area contributed by atoms with E-state index < -0.39 is 0 Å². The number of aryl methyl sites for hydroxylation is 1. The molecule has 0 aliphatic carbocycles. The van der Waals surface area contributed by atoms with Crippen molar-refractivity contribution < 1.29 is 0 Å². The molecule has 0 aliphatic heterocycles. The van der Waals surface area contributed by atoms with Gasteiger partial charge < -0.3 is 10.2 Å². The number of hydrogen-bond donors (Lipinski definition) is 1. The minimum Gasteiger partial charge on any atom is -0.357 e. The Morgan fingerprint density at radius 1 is 1.26 bits per heavy atom. The molecule has 0 radical (unpaired) electrons. The topological polar surface area (TPSA) is 71.8 Å². The van der Waals surface area contributed by atoms with Gasteiger partial charge in [0.1, 0.15) is 5.69 Å². The first-order valence-corrected chi connectivity index (χ1v) is 6.29. The Bertz CT molecular complexity index is 547. The zero-order chi connectivity index (χ0) is 13.8. The van der Waals surface area contributed by atoms with Gasteiger partial charge in [-0.05, 0) is 12.5 Å². The molecule has 0 bridgehead atoms. The fourth-order valence-electron chi connectivity index (χ4n) is 1.70. The molecule has 7 heteroatoms. The molecule has 0 spiro atoms. The highest BCUT2D eigenvalue weighted by Crippen LogP contribution is 2.18. The standard InChI is InChI=1S/C12H19N7/c1-5-8-19-9(6-7-14-19)10-15-11(13-2)17-12(16-10)18(3)4/h6-7H,5,8H2,1-4H3,(H,13,15,16,17). The van der Waals surface area contributed by atoms with Crippen molar-refractivity contribution in [3.05, 3.63) is 12.3 Å². The molecule has 19 heavy (non-hydrogen) atoms. The third kappa shape index (κ3) is 2.81. The summed E-state index contributed by atoms with van der Waals surface area (Å²) in [6, 6.07) is 1.92. The van der Waals surface area contributed by atoms with Gasteiger partial charge in [-0.3, -0.25) is 4.68 Å². The molecular formula is C12H19N7. The molecule has 0 atom stereocenters. The Labute approximate surface area is 112 Å². The predicted octanol–water partition coefficient (Wildman–Crippen LogP) is 1.25. The first kappa shape index (κ1) is 13.3. The molecule has 2 heterocycles. The van der Waals surface area contributed by atoms with E-state index in [-0.39, 0.29) is 0 Å². The second kappa shape index (κ2) is 5.64. The molecule has 0 unspecified atom stereocenters. The maximum atomic E-state index is 4.47. The first-order chi connectivity index (χ1) is 9.15. The van der Waals surface area contributed by atoms with Crippen molar-refractivity contribution in [1.82, 2.24) is 24.7 Å². The second-order valence-corrected chi connectivity index (χ2v) is 4.37. The van der Waals surface area contributed by atoms with Gasteiger partial charge in [-0.2, -0.15) is 20.1 Å². The van der Waals surface area contributed by atoms with Crippen LogP contribution in [0.2, 0.25) is 0 Å². The van der Waals surface area contributed by atoms with Gasteiger partial charge in [0.2, 0.25) is 11.9 Å². The minimum atomic E-state index is 0.554. The molecule has 0 aliphatic rings. The lowest BCUT2D eigenvalue weighted by Gasteiger charge is -2.13. The van der Waals surface area contributed by atoms with E-state index in [1.54, 1.807) is 13.2 Å². The van der Waals surface area contributed by atoms with Crippen LogP contribution in [-0.2, 0) is 6.54 Å². The van der Waals surface area contributed by atoms with E-state index in [0.717, 1.165) is 18.7 Å². The third-order valence-corrected chi connectivity index (χ3v) is 2.63. The number of aromatic nitrogens is 5. The van der Waals surface area contributed by atoms with Gasteiger partial charge >= 0.3 is 0 Å². The molecule has 7 nitrogen and oxygen atoms in total. The number of nitrogens with one attached hydrogen (secondary N) is 1. The molecule has 1 N–H and O–H groups in total. The molecule has 0 fully saturated rings. The highest BCUT2D eigenvalue weighted by atomic mass is 15.3. The maximum absolute atomic E-state index is 4.47. The van der Waals surface area contributed by atoms with E-state index in [1.807, 2.05) is 29.7 Å². The summed E-state index contributed by atoms with van der Waals surface area (Å²) in [6.07, 6.45) is 2.78. The molecule has 0 amide bonds. The van der Waals surface area contributed by atoms with Gasteiger partial charge in [0.25, 0.3) is 0 Å². The zero-order valence-corrected chi connectivity index (χ0v) is 11.8. The molecule has 0 aromatic carbocycles. The van der Waals surface area contributed by atoms with Gasteiger partial charge in [0.05, 0.1) is 0 Å². The van der Waals surface area contributed by atoms with E-state index in [4.69, 9.17) is 0 Å². The van der Waals surface area contributed by atoms with Gasteiger partial charge in [0, 0.05) is 33.9 Å². The summed E-state index contributed by atoms with van der Waals surface area (Å²) in [5.74, 6) is 1.81. The van der Waals surface area contributed by atoms with Crippen molar-refractivity contribution in [3.8, 4) is 11.5 Å². The van der Waals surface area contributed by atoms with Crippen molar-refractivity contribution >= 4 is 11.9 Å². The number of hydrogen-bond acceptors (Lipinski definition) is 6. The van der Waals surface area contributed by atoms with E-state index in [9.17, 15) is 0 Å². The summed E-state index contributed by atoms with van der Waals surface area (Å²) >= 11 is 0. The molecular weight excluding hydrogens is 242 g/mol. The molecule has 0 saturated carbocycles. The summed E-state index contributed by atoms with van der Waals surface area (Å²) in [7, 11) is 5.60. The van der Waals surface area contributed by atoms with Crippen LogP contribution in [0.25, 0.3) is 11.5 Å². The fourth-order valence-corrected chi connectivity index (χ4v) is 1.70. The summed E-state index contributed by atoms with van der Waals surface area (Å²) in [5.41, 5.74) is 0.906. The minimum absolute atomic E-state index is 0.554. The van der Waals surface area contributed by atoms with Crippen LogP contribution >= 0.6 is 0 Å². The predicted molar refractivity (Wildman–Crippen MR) is 75.2 cm³/mol. The van der Waals surface area contributed by atoms with Crippen molar-refractivity contribution in [3.63, 3.8) is 0 Å². The van der Waals surface area contributed by atoms with Gasteiger partial charge in [0.15, 0.2) is 5.82 Å². The molecule has 102 valence electrons. The van der Waals surface area contributed by atoms with Crippen molar-refractivity contribution in [1.29, 1.82) is 0 Å². The van der Waals surface area contributed by atoms with E-state index in [2.05, 4.69) is 32.3 Å². The Kier molecular flexibility index (Phi) is 3.94. The Balaban J connectivity index is 2.48. The fraction of sp³-hybridized carbons (Fsp3) is 0.500. The lowest BCUT2D eigenvalue weighted by atomic mass is 10.4. The van der Waals surface area contributed by atoms with Gasteiger partial charge in [-0.15, -0.1) is 0 Å². The summed E-state index contributed by atoms with van der Waals surface area (Å²) in [6.45, 7) is 2.96. The lowest BCUT2D eigenvalue weighted by molar-refractivity contribution is 0.606. The normalized spacial score (nSPS) is 10.5. The van der Waals surface area contributed by atoms with Crippen molar-refractivity contribution in [2.45, 2.75) is 19.9 Å². The van der Waals surface area contributed by atoms with Crippen LogP contribution in [0.5, 0.6) is 0 Å². The van der Waals surface area contributed by atoms with Crippen molar-refractivity contribution in [2.24, 2.45) is 0 Å². The van der Waals surface area contributed by atoms with Crippen LogP contribution in [0.1, 0.15) is 13.3 Å². The first-order valence-electron chi connectivity index (χ1n) is 6.29. The maximum Gasteiger partial charge on any atom is 0.230 e. The largest absolute Gasteiger partial charge is 0.357 e. The van der Waals surface area contributed by atoms with Gasteiger partial charge in [-0.1, -0.05) is 6.92 Å². The molecule has 2 aromatic heterocycles. The van der Waals surface area contributed by atoms with Crippen LogP contribution in [0, 0.1) is 0 Å². The number of rotatable bonds is 5. The third-order valence-electron chi connectivity index (χ3n) is 2.63. The Morgan fingerprint density at radius 2 is 2.05 bits per heavy atom. The lowest BCUT2D eigenvalue weighted by Crippen LogP contribution is -2.15.